The van der Waals surface area contributed by atoms with E-state index < -0.39 is 0 Å². The average Bonchev–Trinajstić information content (AvgIpc) is 2.50. The first-order valence-electron chi connectivity index (χ1n) is 6.21. The van der Waals surface area contributed by atoms with E-state index in [2.05, 4.69) is 23.6 Å². The van der Waals surface area contributed by atoms with Crippen LogP contribution in [0.3, 0.4) is 0 Å². The molecule has 0 N–H and O–H groups in total. The van der Waals surface area contributed by atoms with Gasteiger partial charge in [0.25, 0.3) is 0 Å². The minimum Gasteiger partial charge on any atom is -0.383 e. The van der Waals surface area contributed by atoms with Gasteiger partial charge in [0.2, 0.25) is 0 Å². The number of likely N-dealkylation sites (tertiary alicyclic amines) is 2. The molecule has 0 amide bonds. The van der Waals surface area contributed by atoms with E-state index in [1.807, 2.05) is 7.11 Å². The van der Waals surface area contributed by atoms with Crippen molar-refractivity contribution in [1.82, 2.24) is 9.80 Å². The summed E-state index contributed by atoms with van der Waals surface area (Å²) in [6.07, 6.45) is 2.68. The fraction of sp³-hybridized carbons (Fsp3) is 1.00. The Hall–Kier alpha value is -0.120. The molecule has 2 rings (SSSR count). The van der Waals surface area contributed by atoms with E-state index in [4.69, 9.17) is 4.74 Å². The summed E-state index contributed by atoms with van der Waals surface area (Å²) in [6.45, 7) is 9.29. The van der Waals surface area contributed by atoms with Crippen molar-refractivity contribution in [3.8, 4) is 0 Å². The highest BCUT2D eigenvalue weighted by atomic mass is 16.5. The predicted octanol–water partition coefficient (Wildman–Crippen LogP) is 1.19. The van der Waals surface area contributed by atoms with Crippen molar-refractivity contribution in [1.29, 1.82) is 0 Å². The van der Waals surface area contributed by atoms with Gasteiger partial charge in [-0.15, -0.1) is 0 Å². The first-order chi connectivity index (χ1) is 7.22. The van der Waals surface area contributed by atoms with Crippen LogP contribution in [0.4, 0.5) is 0 Å². The molecule has 3 nitrogen and oxygen atoms in total. The Bertz CT molecular complexity index is 202. The third-order valence-electron chi connectivity index (χ3n) is 3.87. The number of nitrogens with zero attached hydrogens (tertiary/aromatic N) is 2. The smallest absolute Gasteiger partial charge is 0.0618 e. The lowest BCUT2D eigenvalue weighted by molar-refractivity contribution is -0.00829. The lowest BCUT2D eigenvalue weighted by Crippen LogP contribution is -2.62. The molecule has 2 heterocycles. The number of methoxy groups -OCH3 is 1. The fourth-order valence-electron chi connectivity index (χ4n) is 2.83. The maximum atomic E-state index is 5.29. The largest absolute Gasteiger partial charge is 0.383 e. The van der Waals surface area contributed by atoms with Crippen LogP contribution in [0.1, 0.15) is 26.7 Å². The molecule has 0 aromatic rings. The fourth-order valence-corrected chi connectivity index (χ4v) is 2.83. The Kier molecular flexibility index (Phi) is 3.65. The van der Waals surface area contributed by atoms with Gasteiger partial charge in [0.1, 0.15) is 0 Å². The number of hydrogen-bond donors (Lipinski definition) is 0. The minimum absolute atomic E-state index is 0.689. The van der Waals surface area contributed by atoms with E-state index in [0.29, 0.717) is 12.1 Å². The molecule has 1 atom stereocenters. The topological polar surface area (TPSA) is 15.7 Å². The summed E-state index contributed by atoms with van der Waals surface area (Å²) in [6, 6.07) is 2.20. The van der Waals surface area contributed by atoms with Crippen LogP contribution in [0.2, 0.25) is 0 Å². The molecular weight excluding hydrogens is 188 g/mol. The molecule has 2 saturated heterocycles. The van der Waals surface area contributed by atoms with Crippen molar-refractivity contribution in [2.75, 3.05) is 33.4 Å². The monoisotopic (exact) mass is 212 g/mol. The molecule has 0 unspecified atom stereocenters. The van der Waals surface area contributed by atoms with Crippen LogP contribution in [0.15, 0.2) is 0 Å². The van der Waals surface area contributed by atoms with E-state index in [-0.39, 0.29) is 0 Å². The van der Waals surface area contributed by atoms with Gasteiger partial charge in [-0.3, -0.25) is 9.80 Å². The maximum absolute atomic E-state index is 5.29. The molecule has 15 heavy (non-hydrogen) atoms. The summed E-state index contributed by atoms with van der Waals surface area (Å²) in [7, 11) is 1.82. The van der Waals surface area contributed by atoms with Crippen molar-refractivity contribution >= 4 is 0 Å². The van der Waals surface area contributed by atoms with Crippen LogP contribution < -0.4 is 0 Å². The zero-order valence-corrected chi connectivity index (χ0v) is 10.3. The molecular formula is C12H24N2O. The first-order valence-corrected chi connectivity index (χ1v) is 6.21. The van der Waals surface area contributed by atoms with Gasteiger partial charge < -0.3 is 4.74 Å². The lowest BCUT2D eigenvalue weighted by Gasteiger charge is -2.48. The third-order valence-corrected chi connectivity index (χ3v) is 3.87. The summed E-state index contributed by atoms with van der Waals surface area (Å²) in [4.78, 5) is 5.22. The van der Waals surface area contributed by atoms with E-state index >= 15 is 0 Å². The van der Waals surface area contributed by atoms with Crippen molar-refractivity contribution in [3.63, 3.8) is 0 Å². The highest BCUT2D eigenvalue weighted by molar-refractivity contribution is 4.94. The van der Waals surface area contributed by atoms with E-state index in [1.54, 1.807) is 0 Å². The van der Waals surface area contributed by atoms with Crippen molar-refractivity contribution < 1.29 is 4.74 Å². The van der Waals surface area contributed by atoms with E-state index in [9.17, 15) is 0 Å². The zero-order valence-electron chi connectivity index (χ0n) is 10.3. The molecule has 0 bridgehead atoms. The molecule has 0 aromatic carbocycles. The SMILES string of the molecule is COC[C@@H]1CCCN1C1CN(C(C)C)C1. The van der Waals surface area contributed by atoms with Crippen molar-refractivity contribution in [2.45, 2.75) is 44.8 Å². The second-order valence-electron chi connectivity index (χ2n) is 5.19. The van der Waals surface area contributed by atoms with Crippen molar-refractivity contribution in [2.24, 2.45) is 0 Å². The number of ether oxygens (including phenoxy) is 1. The summed E-state index contributed by atoms with van der Waals surface area (Å²) < 4.78 is 5.29. The first kappa shape index (κ1) is 11.4. The van der Waals surface area contributed by atoms with E-state index in [0.717, 1.165) is 12.6 Å². The molecule has 0 aromatic heterocycles. The summed E-state index contributed by atoms with van der Waals surface area (Å²) >= 11 is 0. The van der Waals surface area contributed by atoms with Crippen LogP contribution in [-0.4, -0.2) is 61.3 Å². The molecule has 0 aliphatic carbocycles. The van der Waals surface area contributed by atoms with Crippen LogP contribution in [0.5, 0.6) is 0 Å². The van der Waals surface area contributed by atoms with Crippen LogP contribution >= 0.6 is 0 Å². The molecule has 2 aliphatic heterocycles. The van der Waals surface area contributed by atoms with Crippen LogP contribution in [0.25, 0.3) is 0 Å². The normalized spacial score (nSPS) is 30.0. The van der Waals surface area contributed by atoms with Gasteiger partial charge in [0.15, 0.2) is 0 Å². The Balaban J connectivity index is 1.79. The van der Waals surface area contributed by atoms with Gasteiger partial charge in [-0.1, -0.05) is 0 Å². The minimum atomic E-state index is 0.689. The Morgan fingerprint density at radius 2 is 2.07 bits per heavy atom. The summed E-state index contributed by atoms with van der Waals surface area (Å²) in [5.74, 6) is 0. The van der Waals surface area contributed by atoms with Crippen LogP contribution in [0, 0.1) is 0 Å². The van der Waals surface area contributed by atoms with Crippen LogP contribution in [-0.2, 0) is 4.74 Å². The second-order valence-corrected chi connectivity index (χ2v) is 5.19. The van der Waals surface area contributed by atoms with Gasteiger partial charge >= 0.3 is 0 Å². The standard InChI is InChI=1S/C12H24N2O/c1-10(2)13-7-12(8-13)14-6-4-5-11(14)9-15-3/h10-12H,4-9H2,1-3H3/t11-/m0/s1. The van der Waals surface area contributed by atoms with Gasteiger partial charge in [0.05, 0.1) is 6.61 Å². The summed E-state index contributed by atoms with van der Waals surface area (Å²) in [5, 5.41) is 0. The zero-order chi connectivity index (χ0) is 10.8. The highest BCUT2D eigenvalue weighted by Gasteiger charge is 2.38. The van der Waals surface area contributed by atoms with Gasteiger partial charge in [-0.05, 0) is 33.2 Å². The Labute approximate surface area is 93.4 Å². The number of hydrogen-bond acceptors (Lipinski definition) is 3. The maximum Gasteiger partial charge on any atom is 0.0618 e. The quantitative estimate of drug-likeness (QED) is 0.696. The molecule has 88 valence electrons. The lowest BCUT2D eigenvalue weighted by atomic mass is 10.0. The average molecular weight is 212 g/mol. The third kappa shape index (κ3) is 2.35. The van der Waals surface area contributed by atoms with Crippen molar-refractivity contribution in [3.05, 3.63) is 0 Å². The number of rotatable bonds is 4. The molecule has 0 saturated carbocycles. The second kappa shape index (κ2) is 4.81. The Morgan fingerprint density at radius 3 is 2.67 bits per heavy atom. The van der Waals surface area contributed by atoms with Gasteiger partial charge in [0, 0.05) is 38.3 Å². The molecule has 0 spiro atoms. The molecule has 0 radical (unpaired) electrons. The predicted molar refractivity (Wildman–Crippen MR) is 62.1 cm³/mol. The molecule has 3 heteroatoms. The van der Waals surface area contributed by atoms with E-state index in [1.165, 1.54) is 32.5 Å². The van der Waals surface area contributed by atoms with Gasteiger partial charge in [-0.2, -0.15) is 0 Å². The molecule has 2 fully saturated rings. The summed E-state index contributed by atoms with van der Waals surface area (Å²) in [5.41, 5.74) is 0. The van der Waals surface area contributed by atoms with Gasteiger partial charge in [-0.25, -0.2) is 0 Å². The highest BCUT2D eigenvalue weighted by Crippen LogP contribution is 2.26. The Morgan fingerprint density at radius 1 is 1.33 bits per heavy atom. The molecule has 2 aliphatic rings.